The maximum absolute atomic E-state index is 12.5. The predicted octanol–water partition coefficient (Wildman–Crippen LogP) is 2.01. The smallest absolute Gasteiger partial charge is 0.226 e. The van der Waals surface area contributed by atoms with E-state index in [9.17, 15) is 9.59 Å². The molecule has 1 aliphatic heterocycles. The minimum Gasteiger partial charge on any atom is -0.493 e. The second-order valence-electron chi connectivity index (χ2n) is 6.68. The van der Waals surface area contributed by atoms with Gasteiger partial charge in [-0.1, -0.05) is 19.9 Å². The number of ether oxygens (including phenoxy) is 2. The monoisotopic (exact) mass is 348 g/mol. The maximum atomic E-state index is 12.5. The van der Waals surface area contributed by atoms with Gasteiger partial charge in [0.2, 0.25) is 11.8 Å². The molecule has 25 heavy (non-hydrogen) atoms. The third-order valence-corrected chi connectivity index (χ3v) is 4.52. The molecule has 1 heterocycles. The summed E-state index contributed by atoms with van der Waals surface area (Å²) in [5.41, 5.74) is 0.901. The maximum Gasteiger partial charge on any atom is 0.226 e. The average Bonchev–Trinajstić information content (AvgIpc) is 2.62. The van der Waals surface area contributed by atoms with E-state index < -0.39 is 0 Å². The number of rotatable bonds is 6. The van der Waals surface area contributed by atoms with Crippen molar-refractivity contribution in [2.24, 2.45) is 5.92 Å². The molecule has 138 valence electrons. The van der Waals surface area contributed by atoms with Crippen LogP contribution < -0.4 is 14.8 Å². The van der Waals surface area contributed by atoms with Crippen LogP contribution in [0.4, 0.5) is 0 Å². The molecule has 0 aromatic heterocycles. The molecule has 2 rings (SSSR count). The van der Waals surface area contributed by atoms with Gasteiger partial charge in [-0.2, -0.15) is 0 Å². The Morgan fingerprint density at radius 3 is 2.36 bits per heavy atom. The second kappa shape index (κ2) is 8.74. The molecule has 6 nitrogen and oxygen atoms in total. The number of likely N-dealkylation sites (tertiary alicyclic amines) is 1. The molecule has 2 amide bonds. The van der Waals surface area contributed by atoms with Gasteiger partial charge in [-0.25, -0.2) is 0 Å². The second-order valence-corrected chi connectivity index (χ2v) is 6.68. The molecule has 0 spiro atoms. The van der Waals surface area contributed by atoms with Gasteiger partial charge in [0.05, 0.1) is 20.6 Å². The number of nitrogens with zero attached hydrogens (tertiary/aromatic N) is 1. The Hall–Kier alpha value is -2.24. The van der Waals surface area contributed by atoms with Gasteiger partial charge in [0.1, 0.15) is 0 Å². The van der Waals surface area contributed by atoms with Crippen LogP contribution >= 0.6 is 0 Å². The first-order valence-electron chi connectivity index (χ1n) is 8.73. The lowest BCUT2D eigenvalue weighted by Gasteiger charge is -2.33. The van der Waals surface area contributed by atoms with Gasteiger partial charge in [-0.3, -0.25) is 9.59 Å². The number of hydrogen-bond donors (Lipinski definition) is 1. The van der Waals surface area contributed by atoms with E-state index in [4.69, 9.17) is 9.47 Å². The number of hydrogen-bond acceptors (Lipinski definition) is 4. The van der Waals surface area contributed by atoms with E-state index in [1.54, 1.807) is 14.2 Å². The Kier molecular flexibility index (Phi) is 6.67. The van der Waals surface area contributed by atoms with Crippen molar-refractivity contribution in [3.05, 3.63) is 23.8 Å². The molecule has 0 atom stereocenters. The van der Waals surface area contributed by atoms with Gasteiger partial charge in [0.15, 0.2) is 11.5 Å². The van der Waals surface area contributed by atoms with Crippen molar-refractivity contribution in [3.8, 4) is 11.5 Å². The molecule has 1 fully saturated rings. The highest BCUT2D eigenvalue weighted by molar-refractivity contribution is 5.79. The van der Waals surface area contributed by atoms with E-state index in [0.29, 0.717) is 31.0 Å². The molecule has 0 aliphatic carbocycles. The van der Waals surface area contributed by atoms with Crippen LogP contribution in [0.1, 0.15) is 32.3 Å². The number of nitrogens with one attached hydrogen (secondary N) is 1. The minimum absolute atomic E-state index is 0.00952. The third kappa shape index (κ3) is 5.11. The van der Waals surface area contributed by atoms with E-state index in [0.717, 1.165) is 18.4 Å². The van der Waals surface area contributed by atoms with Crippen LogP contribution in [0, 0.1) is 5.92 Å². The molecular formula is C19H28N2O4. The van der Waals surface area contributed by atoms with Crippen molar-refractivity contribution in [2.45, 2.75) is 39.2 Å². The molecule has 6 heteroatoms. The first-order chi connectivity index (χ1) is 11.9. The third-order valence-electron chi connectivity index (χ3n) is 4.52. The van der Waals surface area contributed by atoms with Crippen molar-refractivity contribution in [1.29, 1.82) is 0 Å². The molecule has 1 saturated heterocycles. The van der Waals surface area contributed by atoms with E-state index in [2.05, 4.69) is 5.32 Å². The number of benzene rings is 1. The van der Waals surface area contributed by atoms with Crippen molar-refractivity contribution in [1.82, 2.24) is 10.2 Å². The lowest BCUT2D eigenvalue weighted by Crippen LogP contribution is -2.47. The summed E-state index contributed by atoms with van der Waals surface area (Å²) in [6.45, 7) is 5.12. The first kappa shape index (κ1) is 19.1. The molecular weight excluding hydrogens is 320 g/mol. The largest absolute Gasteiger partial charge is 0.493 e. The number of carbonyl (C=O) groups is 2. The van der Waals surface area contributed by atoms with Gasteiger partial charge in [0.25, 0.3) is 0 Å². The normalized spacial score (nSPS) is 15.2. The molecule has 0 saturated carbocycles. The lowest BCUT2D eigenvalue weighted by atomic mass is 10.0. The average molecular weight is 348 g/mol. The van der Waals surface area contributed by atoms with Gasteiger partial charge < -0.3 is 19.7 Å². The van der Waals surface area contributed by atoms with Gasteiger partial charge in [-0.15, -0.1) is 0 Å². The van der Waals surface area contributed by atoms with Crippen LogP contribution in [0.3, 0.4) is 0 Å². The number of piperidine rings is 1. The first-order valence-corrected chi connectivity index (χ1v) is 8.73. The zero-order valence-corrected chi connectivity index (χ0v) is 15.5. The van der Waals surface area contributed by atoms with Crippen LogP contribution in [0.25, 0.3) is 0 Å². The van der Waals surface area contributed by atoms with Crippen LogP contribution in [0.5, 0.6) is 11.5 Å². The summed E-state index contributed by atoms with van der Waals surface area (Å²) in [5, 5.41) is 3.05. The highest BCUT2D eigenvalue weighted by Crippen LogP contribution is 2.28. The number of amides is 2. The highest BCUT2D eigenvalue weighted by atomic mass is 16.5. The van der Waals surface area contributed by atoms with Crippen molar-refractivity contribution in [2.75, 3.05) is 27.3 Å². The fourth-order valence-electron chi connectivity index (χ4n) is 2.92. The van der Waals surface area contributed by atoms with E-state index in [1.165, 1.54) is 0 Å². The fourth-order valence-corrected chi connectivity index (χ4v) is 2.92. The topological polar surface area (TPSA) is 67.9 Å². The van der Waals surface area contributed by atoms with E-state index in [1.807, 2.05) is 36.9 Å². The Balaban J connectivity index is 1.87. The summed E-state index contributed by atoms with van der Waals surface area (Å²) in [6.07, 6.45) is 1.94. The van der Waals surface area contributed by atoms with Crippen LogP contribution in [-0.4, -0.2) is 50.1 Å². The van der Waals surface area contributed by atoms with Gasteiger partial charge >= 0.3 is 0 Å². The quantitative estimate of drug-likeness (QED) is 0.854. The summed E-state index contributed by atoms with van der Waals surface area (Å²) < 4.78 is 10.5. The van der Waals surface area contributed by atoms with E-state index >= 15 is 0 Å². The Labute approximate surface area is 149 Å². The highest BCUT2D eigenvalue weighted by Gasteiger charge is 2.24. The standard InChI is InChI=1S/C19H28N2O4/c1-13(2)19(23)20-15-7-9-21(10-8-15)18(22)12-14-5-6-16(24-3)17(11-14)25-4/h5-6,11,13,15H,7-10,12H2,1-4H3,(H,20,23). The zero-order valence-electron chi connectivity index (χ0n) is 15.5. The van der Waals surface area contributed by atoms with Crippen molar-refractivity contribution in [3.63, 3.8) is 0 Å². The summed E-state index contributed by atoms with van der Waals surface area (Å²) in [7, 11) is 3.17. The van der Waals surface area contributed by atoms with Crippen LogP contribution in [0.2, 0.25) is 0 Å². The summed E-state index contributed by atoms with van der Waals surface area (Å²) >= 11 is 0. The SMILES string of the molecule is COc1ccc(CC(=O)N2CCC(NC(=O)C(C)C)CC2)cc1OC. The molecule has 1 aliphatic rings. The van der Waals surface area contributed by atoms with E-state index in [-0.39, 0.29) is 23.8 Å². The van der Waals surface area contributed by atoms with Gasteiger partial charge in [0, 0.05) is 25.0 Å². The zero-order chi connectivity index (χ0) is 18.4. The molecule has 0 bridgehead atoms. The Morgan fingerprint density at radius 1 is 1.16 bits per heavy atom. The fraction of sp³-hybridized carbons (Fsp3) is 0.579. The molecule has 1 N–H and O–H groups in total. The van der Waals surface area contributed by atoms with Crippen LogP contribution in [-0.2, 0) is 16.0 Å². The predicted molar refractivity (Wildman–Crippen MR) is 95.8 cm³/mol. The summed E-state index contributed by atoms with van der Waals surface area (Å²) in [5.74, 6) is 1.45. The number of carbonyl (C=O) groups excluding carboxylic acids is 2. The Bertz CT molecular complexity index is 607. The number of methoxy groups -OCH3 is 2. The molecule has 0 radical (unpaired) electrons. The van der Waals surface area contributed by atoms with Crippen LogP contribution in [0.15, 0.2) is 18.2 Å². The summed E-state index contributed by atoms with van der Waals surface area (Å²) in [6, 6.07) is 5.70. The molecule has 0 unspecified atom stereocenters. The molecule has 1 aromatic carbocycles. The van der Waals surface area contributed by atoms with Crippen molar-refractivity contribution < 1.29 is 19.1 Å². The lowest BCUT2D eigenvalue weighted by molar-refractivity contribution is -0.131. The molecule has 1 aromatic rings. The van der Waals surface area contributed by atoms with Crippen molar-refractivity contribution >= 4 is 11.8 Å². The summed E-state index contributed by atoms with van der Waals surface area (Å²) in [4.78, 5) is 26.2. The Morgan fingerprint density at radius 2 is 1.80 bits per heavy atom. The van der Waals surface area contributed by atoms with Gasteiger partial charge in [-0.05, 0) is 30.5 Å². The minimum atomic E-state index is -0.00952.